The fourth-order valence-corrected chi connectivity index (χ4v) is 2.28. The summed E-state index contributed by atoms with van der Waals surface area (Å²) in [5.41, 5.74) is 8.40. The lowest BCUT2D eigenvalue weighted by atomic mass is 10.1. The summed E-state index contributed by atoms with van der Waals surface area (Å²) in [4.78, 5) is 12.1. The summed E-state index contributed by atoms with van der Waals surface area (Å²) in [5.74, 6) is -0.266. The van der Waals surface area contributed by atoms with Crippen LogP contribution in [-0.4, -0.2) is 15.7 Å². The Hall–Kier alpha value is -1.66. The number of carbonyl (C=O) groups excluding carboxylic acids is 1. The molecule has 1 amide bonds. The highest BCUT2D eigenvalue weighted by Crippen LogP contribution is 2.24. The van der Waals surface area contributed by atoms with Crippen molar-refractivity contribution in [2.45, 2.75) is 13.0 Å². The molecule has 2 rings (SSSR count). The molecular weight excluding hydrogens is 308 g/mol. The number of hydrogen-bond donors (Lipinski definition) is 2. The van der Waals surface area contributed by atoms with E-state index in [0.29, 0.717) is 11.3 Å². The van der Waals surface area contributed by atoms with E-state index in [1.807, 2.05) is 25.1 Å². The number of halogens is 1. The van der Waals surface area contributed by atoms with Crippen LogP contribution < -0.4 is 11.1 Å². The predicted molar refractivity (Wildman–Crippen MR) is 77.6 cm³/mol. The van der Waals surface area contributed by atoms with Crippen molar-refractivity contribution in [1.82, 2.24) is 9.78 Å². The lowest BCUT2D eigenvalue weighted by Crippen LogP contribution is -2.27. The minimum atomic E-state index is -0.734. The molecule has 1 aromatic carbocycles. The monoisotopic (exact) mass is 322 g/mol. The molecule has 6 heteroatoms. The number of amides is 1. The Morgan fingerprint density at radius 2 is 2.26 bits per heavy atom. The molecule has 0 saturated carbocycles. The number of hydrogen-bond acceptors (Lipinski definition) is 3. The zero-order chi connectivity index (χ0) is 14.0. The van der Waals surface area contributed by atoms with Gasteiger partial charge in [-0.2, -0.15) is 5.10 Å². The number of aryl methyl sites for hydroxylation is 2. The van der Waals surface area contributed by atoms with E-state index in [9.17, 15) is 4.79 Å². The van der Waals surface area contributed by atoms with Crippen molar-refractivity contribution >= 4 is 27.5 Å². The van der Waals surface area contributed by atoms with Gasteiger partial charge in [0.1, 0.15) is 6.04 Å². The largest absolute Gasteiger partial charge is 0.323 e. The molecular formula is C13H15BrN4O. The molecule has 0 aliphatic rings. The van der Waals surface area contributed by atoms with Gasteiger partial charge < -0.3 is 11.1 Å². The maximum absolute atomic E-state index is 12.1. The van der Waals surface area contributed by atoms with Gasteiger partial charge in [0.25, 0.3) is 0 Å². The van der Waals surface area contributed by atoms with Crippen LogP contribution in [0.3, 0.4) is 0 Å². The first kappa shape index (κ1) is 13.8. The molecule has 0 radical (unpaired) electrons. The second-order valence-corrected chi connectivity index (χ2v) is 5.25. The number of anilines is 1. The molecule has 1 aromatic heterocycles. The molecule has 5 nitrogen and oxygen atoms in total. The quantitative estimate of drug-likeness (QED) is 0.909. The van der Waals surface area contributed by atoms with Crippen LogP contribution in [0.4, 0.5) is 5.69 Å². The molecule has 0 fully saturated rings. The van der Waals surface area contributed by atoms with E-state index in [2.05, 4.69) is 26.3 Å². The van der Waals surface area contributed by atoms with Gasteiger partial charge in [0.05, 0.1) is 11.9 Å². The van der Waals surface area contributed by atoms with Crippen molar-refractivity contribution in [3.05, 3.63) is 46.2 Å². The average Bonchev–Trinajstić information content (AvgIpc) is 2.78. The highest BCUT2D eigenvalue weighted by molar-refractivity contribution is 9.10. The molecule has 1 unspecified atom stereocenters. The van der Waals surface area contributed by atoms with Gasteiger partial charge in [0.2, 0.25) is 5.91 Å². The van der Waals surface area contributed by atoms with E-state index in [1.54, 1.807) is 24.1 Å². The summed E-state index contributed by atoms with van der Waals surface area (Å²) in [6, 6.07) is 4.97. The first-order valence-corrected chi connectivity index (χ1v) is 6.58. The molecule has 1 heterocycles. The molecule has 2 aromatic rings. The summed E-state index contributed by atoms with van der Waals surface area (Å²) in [5, 5.41) is 6.80. The summed E-state index contributed by atoms with van der Waals surface area (Å²) >= 11 is 3.41. The van der Waals surface area contributed by atoms with E-state index < -0.39 is 6.04 Å². The van der Waals surface area contributed by atoms with Crippen molar-refractivity contribution in [1.29, 1.82) is 0 Å². The fourth-order valence-electron chi connectivity index (χ4n) is 1.68. The number of carbonyl (C=O) groups is 1. The predicted octanol–water partition coefficient (Wildman–Crippen LogP) is 2.13. The van der Waals surface area contributed by atoms with Crippen molar-refractivity contribution in [2.24, 2.45) is 12.8 Å². The maximum Gasteiger partial charge on any atom is 0.246 e. The number of aromatic nitrogens is 2. The molecule has 0 saturated heterocycles. The summed E-state index contributed by atoms with van der Waals surface area (Å²) in [6.45, 7) is 1.98. The third kappa shape index (κ3) is 3.21. The van der Waals surface area contributed by atoms with E-state index in [-0.39, 0.29) is 5.91 Å². The number of nitrogens with zero attached hydrogens (tertiary/aromatic N) is 2. The molecule has 100 valence electrons. The lowest BCUT2D eigenvalue weighted by Gasteiger charge is -2.12. The standard InChI is InChI=1S/C13H15BrN4O/c1-8-3-4-11(10(14)5-8)17-13(19)12(15)9-6-16-18(2)7-9/h3-7,12H,15H2,1-2H3,(H,17,19). The maximum atomic E-state index is 12.1. The Kier molecular flexibility index (Phi) is 4.01. The smallest absolute Gasteiger partial charge is 0.246 e. The highest BCUT2D eigenvalue weighted by Gasteiger charge is 2.18. The number of nitrogens with two attached hydrogens (primary N) is 1. The van der Waals surface area contributed by atoms with Crippen molar-refractivity contribution in [3.63, 3.8) is 0 Å². The Bertz CT molecular complexity index is 608. The van der Waals surface area contributed by atoms with Crippen LogP contribution in [0.15, 0.2) is 35.1 Å². The van der Waals surface area contributed by atoms with Crippen LogP contribution in [0, 0.1) is 6.92 Å². The Morgan fingerprint density at radius 3 is 2.84 bits per heavy atom. The Balaban J connectivity index is 2.12. The first-order chi connectivity index (χ1) is 8.97. The molecule has 0 aliphatic carbocycles. The minimum absolute atomic E-state index is 0.266. The van der Waals surface area contributed by atoms with Crippen LogP contribution in [0.2, 0.25) is 0 Å². The summed E-state index contributed by atoms with van der Waals surface area (Å²) in [7, 11) is 1.78. The van der Waals surface area contributed by atoms with Crippen LogP contribution >= 0.6 is 15.9 Å². The molecule has 0 spiro atoms. The van der Waals surface area contributed by atoms with E-state index in [4.69, 9.17) is 5.73 Å². The lowest BCUT2D eigenvalue weighted by molar-refractivity contribution is -0.117. The van der Waals surface area contributed by atoms with E-state index in [1.165, 1.54) is 0 Å². The summed E-state index contributed by atoms with van der Waals surface area (Å²) < 4.78 is 2.45. The van der Waals surface area contributed by atoms with E-state index >= 15 is 0 Å². The molecule has 0 bridgehead atoms. The van der Waals surface area contributed by atoms with Gasteiger partial charge in [-0.1, -0.05) is 6.07 Å². The van der Waals surface area contributed by atoms with Crippen LogP contribution in [0.1, 0.15) is 17.2 Å². The highest BCUT2D eigenvalue weighted by atomic mass is 79.9. The third-order valence-corrected chi connectivity index (χ3v) is 3.40. The normalized spacial score (nSPS) is 12.2. The van der Waals surface area contributed by atoms with Gasteiger partial charge in [-0.15, -0.1) is 0 Å². The Labute approximate surface area is 119 Å². The molecule has 3 N–H and O–H groups in total. The van der Waals surface area contributed by atoms with Gasteiger partial charge in [-0.25, -0.2) is 0 Å². The van der Waals surface area contributed by atoms with Crippen molar-refractivity contribution in [2.75, 3.05) is 5.32 Å². The minimum Gasteiger partial charge on any atom is -0.323 e. The zero-order valence-electron chi connectivity index (χ0n) is 10.7. The number of nitrogens with one attached hydrogen (secondary N) is 1. The second-order valence-electron chi connectivity index (χ2n) is 4.40. The number of benzene rings is 1. The summed E-state index contributed by atoms with van der Waals surface area (Å²) in [6.07, 6.45) is 3.32. The van der Waals surface area contributed by atoms with Crippen LogP contribution in [0.25, 0.3) is 0 Å². The van der Waals surface area contributed by atoms with Gasteiger partial charge in [0.15, 0.2) is 0 Å². The molecule has 1 atom stereocenters. The zero-order valence-corrected chi connectivity index (χ0v) is 12.3. The molecule has 19 heavy (non-hydrogen) atoms. The number of rotatable bonds is 3. The van der Waals surface area contributed by atoms with E-state index in [0.717, 1.165) is 10.0 Å². The Morgan fingerprint density at radius 1 is 1.53 bits per heavy atom. The third-order valence-electron chi connectivity index (χ3n) is 2.75. The second kappa shape index (κ2) is 5.54. The van der Waals surface area contributed by atoms with Gasteiger partial charge in [0, 0.05) is 23.3 Å². The van der Waals surface area contributed by atoms with Crippen molar-refractivity contribution < 1.29 is 4.79 Å². The van der Waals surface area contributed by atoms with Crippen molar-refractivity contribution in [3.8, 4) is 0 Å². The van der Waals surface area contributed by atoms with Crippen LogP contribution in [-0.2, 0) is 11.8 Å². The topological polar surface area (TPSA) is 72.9 Å². The van der Waals surface area contributed by atoms with Gasteiger partial charge >= 0.3 is 0 Å². The fraction of sp³-hybridized carbons (Fsp3) is 0.231. The van der Waals surface area contributed by atoms with Gasteiger partial charge in [-0.3, -0.25) is 9.48 Å². The molecule has 0 aliphatic heterocycles. The van der Waals surface area contributed by atoms with Crippen LogP contribution in [0.5, 0.6) is 0 Å². The first-order valence-electron chi connectivity index (χ1n) is 5.78. The average molecular weight is 323 g/mol. The SMILES string of the molecule is Cc1ccc(NC(=O)C(N)c2cnn(C)c2)c(Br)c1. The van der Waals surface area contributed by atoms with Gasteiger partial charge in [-0.05, 0) is 40.5 Å².